The van der Waals surface area contributed by atoms with Gasteiger partial charge in [0.2, 0.25) is 0 Å². The smallest absolute Gasteiger partial charge is 0.120 e. The van der Waals surface area contributed by atoms with Crippen molar-refractivity contribution in [1.29, 1.82) is 0 Å². The highest BCUT2D eigenvalue weighted by atomic mass is 35.5. The number of benzene rings is 1. The molecule has 0 radical (unpaired) electrons. The van der Waals surface area contributed by atoms with E-state index in [1.165, 1.54) is 0 Å². The Morgan fingerprint density at radius 3 is 2.53 bits per heavy atom. The van der Waals surface area contributed by atoms with Crippen LogP contribution in [0.5, 0.6) is 5.75 Å². The molecule has 0 aromatic heterocycles. The normalized spacial score (nSPS) is 11.9. The van der Waals surface area contributed by atoms with Crippen molar-refractivity contribution in [3.63, 3.8) is 0 Å². The van der Waals surface area contributed by atoms with E-state index in [1.54, 1.807) is 0 Å². The third-order valence-corrected chi connectivity index (χ3v) is 3.00. The molecule has 0 aliphatic carbocycles. The molecule has 17 heavy (non-hydrogen) atoms. The SMILES string of the molecule is C#CCNCC(C)Oc1cc(C)c(Cl)c(C)c1. The maximum atomic E-state index is 6.10. The van der Waals surface area contributed by atoms with Crippen LogP contribution in [-0.4, -0.2) is 19.2 Å². The first-order valence-electron chi connectivity index (χ1n) is 5.62. The van der Waals surface area contributed by atoms with Gasteiger partial charge in [0.05, 0.1) is 6.54 Å². The fraction of sp³-hybridized carbons (Fsp3) is 0.429. The average Bonchev–Trinajstić information content (AvgIpc) is 2.26. The van der Waals surface area contributed by atoms with Crippen LogP contribution < -0.4 is 10.1 Å². The maximum absolute atomic E-state index is 6.10. The Balaban J connectivity index is 2.60. The molecule has 0 spiro atoms. The van der Waals surface area contributed by atoms with Crippen molar-refractivity contribution in [2.75, 3.05) is 13.1 Å². The summed E-state index contributed by atoms with van der Waals surface area (Å²) in [6.45, 7) is 7.24. The van der Waals surface area contributed by atoms with Gasteiger partial charge < -0.3 is 10.1 Å². The van der Waals surface area contributed by atoms with E-state index >= 15 is 0 Å². The molecule has 92 valence electrons. The van der Waals surface area contributed by atoms with E-state index in [-0.39, 0.29) is 6.10 Å². The van der Waals surface area contributed by atoms with Gasteiger partial charge in [-0.25, -0.2) is 0 Å². The van der Waals surface area contributed by atoms with Crippen molar-refractivity contribution in [1.82, 2.24) is 5.32 Å². The van der Waals surface area contributed by atoms with Gasteiger partial charge in [-0.3, -0.25) is 0 Å². The summed E-state index contributed by atoms with van der Waals surface area (Å²) in [5.41, 5.74) is 2.07. The number of hydrogen-bond acceptors (Lipinski definition) is 2. The fourth-order valence-electron chi connectivity index (χ4n) is 1.60. The van der Waals surface area contributed by atoms with E-state index in [2.05, 4.69) is 11.2 Å². The fourth-order valence-corrected chi connectivity index (χ4v) is 1.70. The topological polar surface area (TPSA) is 21.3 Å². The Morgan fingerprint density at radius 1 is 1.41 bits per heavy atom. The highest BCUT2D eigenvalue weighted by molar-refractivity contribution is 6.32. The van der Waals surface area contributed by atoms with Crippen LogP contribution in [0.2, 0.25) is 5.02 Å². The minimum Gasteiger partial charge on any atom is -0.489 e. The van der Waals surface area contributed by atoms with Gasteiger partial charge in [-0.15, -0.1) is 6.42 Å². The molecule has 1 aromatic carbocycles. The van der Waals surface area contributed by atoms with Gasteiger partial charge in [-0.1, -0.05) is 17.5 Å². The van der Waals surface area contributed by atoms with Crippen molar-refractivity contribution in [3.05, 3.63) is 28.3 Å². The lowest BCUT2D eigenvalue weighted by Gasteiger charge is -2.16. The Labute approximate surface area is 108 Å². The first-order chi connectivity index (χ1) is 8.04. The minimum absolute atomic E-state index is 0.0725. The molecular formula is C14H18ClNO. The standard InChI is InChI=1S/C14H18ClNO/c1-5-6-16-9-12(4)17-13-7-10(2)14(15)11(3)8-13/h1,7-8,12,16H,6,9H2,2-4H3. The predicted octanol–water partition coefficient (Wildman–Crippen LogP) is 2.95. The maximum Gasteiger partial charge on any atom is 0.120 e. The van der Waals surface area contributed by atoms with Gasteiger partial charge in [0.1, 0.15) is 11.9 Å². The van der Waals surface area contributed by atoms with E-state index in [0.717, 1.165) is 28.4 Å². The first-order valence-corrected chi connectivity index (χ1v) is 6.00. The summed E-state index contributed by atoms with van der Waals surface area (Å²) in [4.78, 5) is 0. The lowest BCUT2D eigenvalue weighted by atomic mass is 10.1. The number of halogens is 1. The molecule has 0 saturated heterocycles. The van der Waals surface area contributed by atoms with E-state index in [1.807, 2.05) is 32.9 Å². The van der Waals surface area contributed by atoms with Gasteiger partial charge >= 0.3 is 0 Å². The molecule has 0 aliphatic heterocycles. The molecule has 1 aromatic rings. The number of hydrogen-bond donors (Lipinski definition) is 1. The number of ether oxygens (including phenoxy) is 1. The Bertz CT molecular complexity index is 400. The van der Waals surface area contributed by atoms with Gasteiger partial charge in [0, 0.05) is 11.6 Å². The summed E-state index contributed by atoms with van der Waals surface area (Å²) < 4.78 is 5.79. The quantitative estimate of drug-likeness (QED) is 0.642. The Hall–Kier alpha value is -1.17. The van der Waals surface area contributed by atoms with Crippen LogP contribution in [0.4, 0.5) is 0 Å². The summed E-state index contributed by atoms with van der Waals surface area (Å²) >= 11 is 6.10. The van der Waals surface area contributed by atoms with Crippen molar-refractivity contribution >= 4 is 11.6 Å². The molecule has 0 saturated carbocycles. The summed E-state index contributed by atoms with van der Waals surface area (Å²) in [7, 11) is 0. The lowest BCUT2D eigenvalue weighted by Crippen LogP contribution is -2.29. The highest BCUT2D eigenvalue weighted by Gasteiger charge is 2.07. The van der Waals surface area contributed by atoms with Crippen molar-refractivity contribution < 1.29 is 4.74 Å². The second-order valence-electron chi connectivity index (χ2n) is 4.13. The van der Waals surface area contributed by atoms with Crippen LogP contribution in [0, 0.1) is 26.2 Å². The largest absolute Gasteiger partial charge is 0.489 e. The average molecular weight is 252 g/mol. The number of terminal acetylenes is 1. The van der Waals surface area contributed by atoms with Gasteiger partial charge in [-0.05, 0) is 44.0 Å². The molecule has 0 bridgehead atoms. The van der Waals surface area contributed by atoms with E-state index < -0.39 is 0 Å². The zero-order valence-corrected chi connectivity index (χ0v) is 11.3. The molecule has 3 heteroatoms. The second-order valence-corrected chi connectivity index (χ2v) is 4.51. The molecule has 0 amide bonds. The monoisotopic (exact) mass is 251 g/mol. The minimum atomic E-state index is 0.0725. The van der Waals surface area contributed by atoms with Crippen LogP contribution in [0.25, 0.3) is 0 Å². The molecule has 0 heterocycles. The zero-order chi connectivity index (χ0) is 12.8. The molecule has 1 rings (SSSR count). The summed E-state index contributed by atoms with van der Waals surface area (Å²) in [5, 5.41) is 3.91. The molecule has 1 N–H and O–H groups in total. The van der Waals surface area contributed by atoms with Gasteiger partial charge in [-0.2, -0.15) is 0 Å². The summed E-state index contributed by atoms with van der Waals surface area (Å²) in [5.74, 6) is 3.38. The van der Waals surface area contributed by atoms with E-state index in [9.17, 15) is 0 Å². The molecule has 1 atom stereocenters. The van der Waals surface area contributed by atoms with E-state index in [0.29, 0.717) is 6.54 Å². The molecule has 0 aliphatic rings. The van der Waals surface area contributed by atoms with Crippen molar-refractivity contribution in [2.24, 2.45) is 0 Å². The van der Waals surface area contributed by atoms with Gasteiger partial charge in [0.25, 0.3) is 0 Å². The number of nitrogens with one attached hydrogen (secondary N) is 1. The third-order valence-electron chi connectivity index (χ3n) is 2.41. The van der Waals surface area contributed by atoms with Gasteiger partial charge in [0.15, 0.2) is 0 Å². The van der Waals surface area contributed by atoms with Crippen LogP contribution in [0.1, 0.15) is 18.1 Å². The molecule has 2 nitrogen and oxygen atoms in total. The van der Waals surface area contributed by atoms with Crippen LogP contribution in [0.15, 0.2) is 12.1 Å². The molecule has 0 fully saturated rings. The predicted molar refractivity (Wildman–Crippen MR) is 72.7 cm³/mol. The Kier molecular flexibility index (Phi) is 5.34. The number of aryl methyl sites for hydroxylation is 2. The first kappa shape index (κ1) is 13.9. The van der Waals surface area contributed by atoms with Crippen LogP contribution in [-0.2, 0) is 0 Å². The number of rotatable bonds is 5. The van der Waals surface area contributed by atoms with Crippen molar-refractivity contribution in [3.8, 4) is 18.1 Å². The van der Waals surface area contributed by atoms with Crippen LogP contribution >= 0.6 is 11.6 Å². The molecule has 1 unspecified atom stereocenters. The summed E-state index contributed by atoms with van der Waals surface area (Å²) in [6, 6.07) is 3.90. The highest BCUT2D eigenvalue weighted by Crippen LogP contribution is 2.26. The second kappa shape index (κ2) is 6.54. The zero-order valence-electron chi connectivity index (χ0n) is 10.5. The summed E-state index contributed by atoms with van der Waals surface area (Å²) in [6.07, 6.45) is 5.23. The Morgan fingerprint density at radius 2 is 2.00 bits per heavy atom. The van der Waals surface area contributed by atoms with Crippen LogP contribution in [0.3, 0.4) is 0 Å². The lowest BCUT2D eigenvalue weighted by molar-refractivity contribution is 0.219. The van der Waals surface area contributed by atoms with Crippen molar-refractivity contribution in [2.45, 2.75) is 26.9 Å². The third kappa shape index (κ3) is 4.30. The molecular weight excluding hydrogens is 234 g/mol. The van der Waals surface area contributed by atoms with E-state index in [4.69, 9.17) is 22.8 Å².